The second-order valence-corrected chi connectivity index (χ2v) is 4.78. The number of nitrogens with zero attached hydrogens (tertiary/aromatic N) is 2. The molecule has 1 aromatic rings. The van der Waals surface area contributed by atoms with Crippen LogP contribution < -0.4 is 5.73 Å². The van der Waals surface area contributed by atoms with Crippen LogP contribution in [-0.4, -0.2) is 16.3 Å². The molecule has 0 amide bonds. The second-order valence-electron chi connectivity index (χ2n) is 3.99. The number of hydrogen-bond acceptors (Lipinski definition) is 2. The number of rotatable bonds is 5. The molecule has 0 aliphatic rings. The Labute approximate surface area is 106 Å². The van der Waals surface area contributed by atoms with Gasteiger partial charge in [-0.25, -0.2) is 0 Å². The highest BCUT2D eigenvalue weighted by Crippen LogP contribution is 2.23. The third kappa shape index (κ3) is 3.19. The summed E-state index contributed by atoms with van der Waals surface area (Å²) in [7, 11) is 2.00. The zero-order valence-electron chi connectivity index (χ0n) is 10.3. The average Bonchev–Trinajstić information content (AvgIpc) is 2.53. The third-order valence-corrected chi connectivity index (χ3v) is 3.52. The summed E-state index contributed by atoms with van der Waals surface area (Å²) in [6.45, 7) is 4.97. The Morgan fingerprint density at radius 3 is 2.75 bits per heavy atom. The molecule has 0 aliphatic heterocycles. The van der Waals surface area contributed by atoms with Gasteiger partial charge in [0.2, 0.25) is 0 Å². The summed E-state index contributed by atoms with van der Waals surface area (Å²) in [5.41, 5.74) is 9.20. The van der Waals surface area contributed by atoms with Crippen LogP contribution in [0.1, 0.15) is 31.7 Å². The van der Waals surface area contributed by atoms with Crippen molar-refractivity contribution in [1.82, 2.24) is 9.78 Å². The molecule has 0 saturated carbocycles. The van der Waals surface area contributed by atoms with Crippen molar-refractivity contribution in [2.75, 3.05) is 6.54 Å². The van der Waals surface area contributed by atoms with Crippen molar-refractivity contribution in [3.63, 3.8) is 0 Å². The fourth-order valence-corrected chi connectivity index (χ4v) is 2.43. The smallest absolute Gasteiger partial charge is 0.0766 e. The van der Waals surface area contributed by atoms with Gasteiger partial charge in [-0.3, -0.25) is 4.68 Å². The highest BCUT2D eigenvalue weighted by Gasteiger charge is 2.12. The third-order valence-electron chi connectivity index (χ3n) is 2.61. The van der Waals surface area contributed by atoms with Gasteiger partial charge in [0, 0.05) is 13.5 Å². The Balaban J connectivity index is 2.84. The molecule has 0 fully saturated rings. The van der Waals surface area contributed by atoms with Gasteiger partial charge in [0.25, 0.3) is 0 Å². The Bertz CT molecular complexity index is 380. The van der Waals surface area contributed by atoms with Gasteiger partial charge in [-0.1, -0.05) is 18.6 Å². The van der Waals surface area contributed by atoms with Crippen molar-refractivity contribution < 1.29 is 0 Å². The summed E-state index contributed by atoms with van der Waals surface area (Å²) in [4.78, 5) is 0. The van der Waals surface area contributed by atoms with E-state index < -0.39 is 0 Å². The predicted octanol–water partition coefficient (Wildman–Crippen LogP) is 2.58. The molecule has 1 heterocycles. The zero-order valence-corrected chi connectivity index (χ0v) is 11.8. The van der Waals surface area contributed by atoms with Crippen molar-refractivity contribution in [3.05, 3.63) is 27.5 Å². The summed E-state index contributed by atoms with van der Waals surface area (Å²) in [6, 6.07) is 0. The molecule has 0 bridgehead atoms. The summed E-state index contributed by atoms with van der Waals surface area (Å²) < 4.78 is 3.11. The maximum atomic E-state index is 5.48. The van der Waals surface area contributed by atoms with E-state index in [0.717, 1.165) is 29.4 Å². The monoisotopic (exact) mass is 285 g/mol. The molecule has 90 valence electrons. The van der Waals surface area contributed by atoms with E-state index >= 15 is 0 Å². The molecule has 0 saturated heterocycles. The van der Waals surface area contributed by atoms with Gasteiger partial charge in [-0.15, -0.1) is 0 Å². The van der Waals surface area contributed by atoms with E-state index in [9.17, 15) is 0 Å². The number of hydrogen-bond donors (Lipinski definition) is 1. The highest BCUT2D eigenvalue weighted by atomic mass is 79.9. The number of allylic oxidation sites excluding steroid dienone is 1. The first-order chi connectivity index (χ1) is 7.60. The van der Waals surface area contributed by atoms with Crippen molar-refractivity contribution >= 4 is 15.9 Å². The first kappa shape index (κ1) is 13.5. The lowest BCUT2D eigenvalue weighted by molar-refractivity contribution is 0.707. The average molecular weight is 286 g/mol. The summed E-state index contributed by atoms with van der Waals surface area (Å²) in [5, 5.41) is 4.48. The number of nitrogens with two attached hydrogens (primary N) is 1. The van der Waals surface area contributed by atoms with E-state index in [1.54, 1.807) is 0 Å². The fourth-order valence-electron chi connectivity index (χ4n) is 1.68. The molecule has 2 N–H and O–H groups in total. The van der Waals surface area contributed by atoms with E-state index in [1.165, 1.54) is 11.3 Å². The normalized spacial score (nSPS) is 12.2. The van der Waals surface area contributed by atoms with E-state index in [1.807, 2.05) is 11.7 Å². The van der Waals surface area contributed by atoms with Crippen LogP contribution in [0.25, 0.3) is 0 Å². The topological polar surface area (TPSA) is 43.8 Å². The van der Waals surface area contributed by atoms with Crippen molar-refractivity contribution in [1.29, 1.82) is 0 Å². The molecule has 1 aromatic heterocycles. The lowest BCUT2D eigenvalue weighted by atomic mass is 10.1. The molecular weight excluding hydrogens is 266 g/mol. The molecule has 16 heavy (non-hydrogen) atoms. The van der Waals surface area contributed by atoms with Gasteiger partial charge in [0.15, 0.2) is 0 Å². The maximum absolute atomic E-state index is 5.48. The van der Waals surface area contributed by atoms with Crippen LogP contribution in [0.5, 0.6) is 0 Å². The largest absolute Gasteiger partial charge is 0.330 e. The van der Waals surface area contributed by atoms with Crippen LogP contribution in [-0.2, 0) is 19.9 Å². The van der Waals surface area contributed by atoms with Gasteiger partial charge in [-0.2, -0.15) is 5.10 Å². The number of aryl methyl sites for hydroxylation is 2. The lowest BCUT2D eigenvalue weighted by Gasteiger charge is -2.03. The summed E-state index contributed by atoms with van der Waals surface area (Å²) in [6.07, 6.45) is 5.04. The van der Waals surface area contributed by atoms with Crippen LogP contribution in [0.2, 0.25) is 0 Å². The molecule has 1 rings (SSSR count). The molecule has 0 atom stereocenters. The van der Waals surface area contributed by atoms with E-state index in [4.69, 9.17) is 5.73 Å². The van der Waals surface area contributed by atoms with E-state index in [-0.39, 0.29) is 0 Å². The summed E-state index contributed by atoms with van der Waals surface area (Å²) >= 11 is 3.62. The van der Waals surface area contributed by atoms with E-state index in [0.29, 0.717) is 6.54 Å². The Kier molecular flexibility index (Phi) is 5.22. The minimum Gasteiger partial charge on any atom is -0.330 e. The van der Waals surface area contributed by atoms with Crippen LogP contribution in [0.4, 0.5) is 0 Å². The van der Waals surface area contributed by atoms with Gasteiger partial charge in [0.1, 0.15) is 0 Å². The van der Waals surface area contributed by atoms with Gasteiger partial charge in [0.05, 0.1) is 15.9 Å². The van der Waals surface area contributed by atoms with Crippen LogP contribution in [0.3, 0.4) is 0 Å². The summed E-state index contributed by atoms with van der Waals surface area (Å²) in [5.74, 6) is 0. The fraction of sp³-hybridized carbons (Fsp3) is 0.583. The molecule has 0 spiro atoms. The minimum atomic E-state index is 0.712. The first-order valence-corrected chi connectivity index (χ1v) is 6.45. The van der Waals surface area contributed by atoms with Gasteiger partial charge < -0.3 is 5.73 Å². The standard InChI is InChI=1S/C12H20BrN3/c1-4-10-12(13)11(16(3)15-10)8-9(2)6-5-7-14/h6H,4-5,7-8,14H2,1-3H3. The molecular formula is C12H20BrN3. The lowest BCUT2D eigenvalue weighted by Crippen LogP contribution is -2.01. The molecule has 4 heteroatoms. The Morgan fingerprint density at radius 1 is 1.56 bits per heavy atom. The molecule has 0 radical (unpaired) electrons. The second kappa shape index (κ2) is 6.21. The number of aromatic nitrogens is 2. The molecule has 0 unspecified atom stereocenters. The molecule has 0 aromatic carbocycles. The van der Waals surface area contributed by atoms with E-state index in [2.05, 4.69) is 41.0 Å². The van der Waals surface area contributed by atoms with Crippen LogP contribution >= 0.6 is 15.9 Å². The highest BCUT2D eigenvalue weighted by molar-refractivity contribution is 9.10. The quantitative estimate of drug-likeness (QED) is 0.845. The van der Waals surface area contributed by atoms with Crippen molar-refractivity contribution in [2.45, 2.75) is 33.1 Å². The van der Waals surface area contributed by atoms with Crippen LogP contribution in [0.15, 0.2) is 16.1 Å². The van der Waals surface area contributed by atoms with Crippen LogP contribution in [0, 0.1) is 0 Å². The zero-order chi connectivity index (χ0) is 12.1. The number of halogens is 1. The first-order valence-electron chi connectivity index (χ1n) is 5.66. The van der Waals surface area contributed by atoms with Gasteiger partial charge >= 0.3 is 0 Å². The van der Waals surface area contributed by atoms with Crippen molar-refractivity contribution in [3.8, 4) is 0 Å². The van der Waals surface area contributed by atoms with Gasteiger partial charge in [-0.05, 0) is 42.2 Å². The molecule has 3 nitrogen and oxygen atoms in total. The predicted molar refractivity (Wildman–Crippen MR) is 71.4 cm³/mol. The minimum absolute atomic E-state index is 0.712. The van der Waals surface area contributed by atoms with Crippen molar-refractivity contribution in [2.24, 2.45) is 12.8 Å². The molecule has 0 aliphatic carbocycles. The Morgan fingerprint density at radius 2 is 2.25 bits per heavy atom. The SMILES string of the molecule is CCc1nn(C)c(CC(C)=CCCN)c1Br. The Hall–Kier alpha value is -0.610. The maximum Gasteiger partial charge on any atom is 0.0766 e.